The van der Waals surface area contributed by atoms with Gasteiger partial charge < -0.3 is 43.6 Å². The van der Waals surface area contributed by atoms with E-state index in [1.54, 1.807) is 0 Å². The van der Waals surface area contributed by atoms with Crippen molar-refractivity contribution in [1.82, 2.24) is 21.3 Å². The summed E-state index contributed by atoms with van der Waals surface area (Å²) in [5.41, 5.74) is 16.7. The smallest absolute Gasteiger partial charge is 0.322 e. The highest BCUT2D eigenvalue weighted by Gasteiger charge is 2.23. The Bertz CT molecular complexity index is 602. The van der Waals surface area contributed by atoms with E-state index in [0.29, 0.717) is 45.2 Å². The lowest BCUT2D eigenvalue weighted by molar-refractivity contribution is -0.137. The topological polar surface area (TPSA) is 232 Å². The normalized spacial score (nSPS) is 12.4. The minimum absolute atomic E-state index is 0.323. The Morgan fingerprint density at radius 2 is 1.23 bits per heavy atom. The number of hydrogen-bond donors (Lipinski definition) is 8. The van der Waals surface area contributed by atoms with Crippen molar-refractivity contribution in [1.29, 1.82) is 0 Å². The van der Waals surface area contributed by atoms with Crippen LogP contribution in [0.25, 0.3) is 0 Å². The molecule has 0 radical (unpaired) electrons. The van der Waals surface area contributed by atoms with Gasteiger partial charge in [-0.15, -0.1) is 0 Å². The second kappa shape index (κ2) is 17.0. The van der Waals surface area contributed by atoms with Gasteiger partial charge in [0.1, 0.15) is 12.6 Å². The zero-order valence-corrected chi connectivity index (χ0v) is 17.7. The number of carboxylic acids is 1. The van der Waals surface area contributed by atoms with Crippen LogP contribution in [0.5, 0.6) is 0 Å². The van der Waals surface area contributed by atoms with Gasteiger partial charge in [0.2, 0.25) is 23.6 Å². The largest absolute Gasteiger partial charge is 0.480 e. The molecule has 0 aromatic carbocycles. The van der Waals surface area contributed by atoms with Gasteiger partial charge in [0.25, 0.3) is 0 Å². The second-order valence-electron chi connectivity index (χ2n) is 6.90. The number of nitrogens with one attached hydrogen (secondary N) is 4. The van der Waals surface area contributed by atoms with Gasteiger partial charge in [-0.2, -0.15) is 0 Å². The highest BCUT2D eigenvalue weighted by molar-refractivity contribution is 5.92. The maximum Gasteiger partial charge on any atom is 0.322 e. The quantitative estimate of drug-likeness (QED) is 0.104. The first kappa shape index (κ1) is 28.2. The van der Waals surface area contributed by atoms with E-state index in [0.717, 1.165) is 6.42 Å². The molecule has 0 bridgehead atoms. The van der Waals surface area contributed by atoms with E-state index in [-0.39, 0.29) is 0 Å². The Morgan fingerprint density at radius 1 is 0.710 bits per heavy atom. The highest BCUT2D eigenvalue weighted by atomic mass is 16.4. The fourth-order valence-corrected chi connectivity index (χ4v) is 2.45. The molecule has 178 valence electrons. The highest BCUT2D eigenvalue weighted by Crippen LogP contribution is 2.03. The van der Waals surface area contributed by atoms with Crippen molar-refractivity contribution >= 4 is 29.6 Å². The van der Waals surface area contributed by atoms with Crippen LogP contribution in [0.15, 0.2) is 0 Å². The van der Waals surface area contributed by atoms with Gasteiger partial charge in [-0.05, 0) is 45.2 Å². The molecule has 0 saturated heterocycles. The van der Waals surface area contributed by atoms with Crippen LogP contribution >= 0.6 is 0 Å². The van der Waals surface area contributed by atoms with Crippen LogP contribution in [0, 0.1) is 0 Å². The van der Waals surface area contributed by atoms with E-state index in [4.69, 9.17) is 22.3 Å². The lowest BCUT2D eigenvalue weighted by atomic mass is 10.1. The summed E-state index contributed by atoms with van der Waals surface area (Å²) in [4.78, 5) is 58.2. The van der Waals surface area contributed by atoms with Crippen LogP contribution in [-0.4, -0.2) is 79.5 Å². The summed E-state index contributed by atoms with van der Waals surface area (Å²) in [6.45, 7) is -0.480. The van der Waals surface area contributed by atoms with Crippen LogP contribution in [0.1, 0.15) is 38.5 Å². The van der Waals surface area contributed by atoms with Gasteiger partial charge in [-0.3, -0.25) is 24.0 Å². The van der Waals surface area contributed by atoms with Gasteiger partial charge in [-0.25, -0.2) is 0 Å². The summed E-state index contributed by atoms with van der Waals surface area (Å²) in [7, 11) is 0. The number of carbonyl (C=O) groups is 5. The van der Waals surface area contributed by atoms with E-state index in [2.05, 4.69) is 21.3 Å². The predicted octanol–water partition coefficient (Wildman–Crippen LogP) is -3.51. The van der Waals surface area contributed by atoms with Crippen molar-refractivity contribution in [3.05, 3.63) is 0 Å². The average molecular weight is 446 g/mol. The third-order valence-electron chi connectivity index (χ3n) is 4.19. The maximum absolute atomic E-state index is 12.4. The van der Waals surface area contributed by atoms with Crippen molar-refractivity contribution in [3.63, 3.8) is 0 Å². The fraction of sp³-hybridized carbons (Fsp3) is 0.722. The molecule has 0 aliphatic rings. The average Bonchev–Trinajstić information content (AvgIpc) is 2.73. The number of aliphatic carboxylic acids is 1. The van der Waals surface area contributed by atoms with Gasteiger partial charge >= 0.3 is 5.97 Å². The Morgan fingerprint density at radius 3 is 1.77 bits per heavy atom. The standard InChI is InChI=1S/C18H35N7O6/c19-7-3-1-5-12(21)17(30)25-13(6-2-4-8-20)18(31)24-10-15(27)22-9-14(26)23-11-16(28)29/h12-13H,1-11,19-21H2,(H,22,27)(H,23,26)(H,24,31)(H,25,30)(H,28,29). The summed E-state index contributed by atoms with van der Waals surface area (Å²) in [5.74, 6) is -3.58. The molecule has 0 fully saturated rings. The molecule has 0 aliphatic heterocycles. The molecule has 0 rings (SSSR count). The van der Waals surface area contributed by atoms with Crippen molar-refractivity contribution in [3.8, 4) is 0 Å². The van der Waals surface area contributed by atoms with Gasteiger partial charge in [0.15, 0.2) is 0 Å². The van der Waals surface area contributed by atoms with Crippen LogP contribution in [-0.2, 0) is 24.0 Å². The molecule has 4 amide bonds. The summed E-state index contributed by atoms with van der Waals surface area (Å²) in [6, 6.07) is -1.66. The minimum atomic E-state index is -1.21. The zero-order chi connectivity index (χ0) is 23.6. The van der Waals surface area contributed by atoms with Crippen molar-refractivity contribution in [2.45, 2.75) is 50.6 Å². The second-order valence-corrected chi connectivity index (χ2v) is 6.90. The van der Waals surface area contributed by atoms with Crippen molar-refractivity contribution < 1.29 is 29.1 Å². The lowest BCUT2D eigenvalue weighted by Gasteiger charge is -2.20. The Labute approximate surface area is 181 Å². The first-order valence-electron chi connectivity index (χ1n) is 10.2. The van der Waals surface area contributed by atoms with Crippen LogP contribution in [0.2, 0.25) is 0 Å². The first-order chi connectivity index (χ1) is 14.7. The molecule has 31 heavy (non-hydrogen) atoms. The summed E-state index contributed by atoms with van der Waals surface area (Å²) in [6.07, 6.45) is 3.44. The molecule has 13 heteroatoms. The van der Waals surface area contributed by atoms with E-state index < -0.39 is 61.3 Å². The molecule has 0 aromatic rings. The minimum Gasteiger partial charge on any atom is -0.480 e. The Balaban J connectivity index is 4.55. The third kappa shape index (κ3) is 14.8. The van der Waals surface area contributed by atoms with Gasteiger partial charge in [0, 0.05) is 0 Å². The zero-order valence-electron chi connectivity index (χ0n) is 17.7. The summed E-state index contributed by atoms with van der Waals surface area (Å²) >= 11 is 0. The number of nitrogens with two attached hydrogens (primary N) is 3. The first-order valence-corrected chi connectivity index (χ1v) is 10.2. The Hall–Kier alpha value is -2.77. The van der Waals surface area contributed by atoms with E-state index in [1.165, 1.54) is 0 Å². The number of carbonyl (C=O) groups excluding carboxylic acids is 4. The number of carboxylic acid groups (broad SMARTS) is 1. The van der Waals surface area contributed by atoms with E-state index in [9.17, 15) is 24.0 Å². The van der Waals surface area contributed by atoms with Crippen LogP contribution in [0.3, 0.4) is 0 Å². The van der Waals surface area contributed by atoms with Crippen LogP contribution in [0.4, 0.5) is 0 Å². The van der Waals surface area contributed by atoms with Crippen molar-refractivity contribution in [2.75, 3.05) is 32.7 Å². The number of hydrogen-bond acceptors (Lipinski definition) is 8. The molecular formula is C18H35N7O6. The Kier molecular flexibility index (Phi) is 15.5. The molecule has 0 aliphatic carbocycles. The molecular weight excluding hydrogens is 410 g/mol. The van der Waals surface area contributed by atoms with Crippen LogP contribution < -0.4 is 38.5 Å². The summed E-state index contributed by atoms with van der Waals surface area (Å²) < 4.78 is 0. The van der Waals surface area contributed by atoms with E-state index in [1.807, 2.05) is 0 Å². The fourth-order valence-electron chi connectivity index (χ4n) is 2.45. The number of amides is 4. The van der Waals surface area contributed by atoms with E-state index >= 15 is 0 Å². The van der Waals surface area contributed by atoms with Gasteiger partial charge in [-0.1, -0.05) is 6.42 Å². The molecule has 0 saturated carbocycles. The van der Waals surface area contributed by atoms with Gasteiger partial charge in [0.05, 0.1) is 19.1 Å². The predicted molar refractivity (Wildman–Crippen MR) is 112 cm³/mol. The number of rotatable bonds is 17. The maximum atomic E-state index is 12.4. The summed E-state index contributed by atoms with van der Waals surface area (Å²) in [5, 5.41) is 17.8. The molecule has 11 N–H and O–H groups in total. The lowest BCUT2D eigenvalue weighted by Crippen LogP contribution is -2.53. The number of unbranched alkanes of at least 4 members (excludes halogenated alkanes) is 2. The third-order valence-corrected chi connectivity index (χ3v) is 4.19. The molecule has 0 heterocycles. The molecule has 0 aromatic heterocycles. The van der Waals surface area contributed by atoms with Crippen molar-refractivity contribution in [2.24, 2.45) is 17.2 Å². The SMILES string of the molecule is NCCCCC(N)C(=O)NC(CCCCN)C(=O)NCC(=O)NCC(=O)NCC(=O)O. The molecule has 0 spiro atoms. The molecule has 2 atom stereocenters. The molecule has 2 unspecified atom stereocenters. The monoisotopic (exact) mass is 445 g/mol. The molecule has 13 nitrogen and oxygen atoms in total.